The van der Waals surface area contributed by atoms with Crippen molar-refractivity contribution in [2.24, 2.45) is 0 Å². The smallest absolute Gasteiger partial charge is 0.299 e. The van der Waals surface area contributed by atoms with Crippen molar-refractivity contribution in [3.05, 3.63) is 38.4 Å². The molecule has 1 aromatic rings. The molecule has 1 aliphatic rings. The summed E-state index contributed by atoms with van der Waals surface area (Å²) in [6.45, 7) is 0. The van der Waals surface area contributed by atoms with Crippen molar-refractivity contribution < 1.29 is 9.85 Å². The highest BCUT2D eigenvalue weighted by Gasteiger charge is 2.24. The molecule has 0 radical (unpaired) electrons. The van der Waals surface area contributed by atoms with E-state index in [2.05, 4.69) is 11.6 Å². The number of thioether (sulfide) groups is 1. The maximum Gasteiger partial charge on any atom is 0.299 e. The van der Waals surface area contributed by atoms with Gasteiger partial charge in [-0.15, -0.1) is 0 Å². The highest BCUT2D eigenvalue weighted by atomic mass is 32.2. The van der Waals surface area contributed by atoms with Crippen LogP contribution >= 0.6 is 11.8 Å². The molecule has 0 bridgehead atoms. The predicted octanol–water partition coefficient (Wildman–Crippen LogP) is 3.59. The minimum atomic E-state index is -0.625. The third-order valence-electron chi connectivity index (χ3n) is 3.76. The lowest BCUT2D eigenvalue weighted by atomic mass is 9.94. The van der Waals surface area contributed by atoms with Crippen molar-refractivity contribution in [1.29, 1.82) is 0 Å². The number of non-ortho nitro benzene ring substituents is 1. The van der Waals surface area contributed by atoms with E-state index in [1.54, 1.807) is 0 Å². The molecule has 0 unspecified atom stereocenters. The molecule has 21 heavy (non-hydrogen) atoms. The SMILES string of the molecule is CSC1CCC(Nc2ccc([N+](=O)[O-])cc2[N+](=O)[O-])CC1. The zero-order chi connectivity index (χ0) is 15.4. The number of nitrogens with one attached hydrogen (secondary N) is 1. The quantitative estimate of drug-likeness (QED) is 0.659. The van der Waals surface area contributed by atoms with Crippen molar-refractivity contribution in [2.75, 3.05) is 11.6 Å². The Morgan fingerprint density at radius 2 is 1.81 bits per heavy atom. The Hall–Kier alpha value is -1.83. The molecule has 0 heterocycles. The summed E-state index contributed by atoms with van der Waals surface area (Å²) < 4.78 is 0. The molecule has 0 aliphatic heterocycles. The number of anilines is 1. The summed E-state index contributed by atoms with van der Waals surface area (Å²) >= 11 is 1.86. The lowest BCUT2D eigenvalue weighted by Crippen LogP contribution is -2.27. The first-order chi connectivity index (χ1) is 10.0. The topological polar surface area (TPSA) is 98.3 Å². The summed E-state index contributed by atoms with van der Waals surface area (Å²) in [5.74, 6) is 0. The van der Waals surface area contributed by atoms with Gasteiger partial charge in [-0.1, -0.05) is 0 Å². The number of rotatable bonds is 5. The molecule has 0 saturated heterocycles. The fourth-order valence-corrected chi connectivity index (χ4v) is 3.31. The number of nitrogens with zero attached hydrogens (tertiary/aromatic N) is 2. The van der Waals surface area contributed by atoms with Crippen LogP contribution in [-0.4, -0.2) is 27.4 Å². The molecule has 1 N–H and O–H groups in total. The Bertz CT molecular complexity index is 544. The maximum absolute atomic E-state index is 11.1. The minimum Gasteiger partial charge on any atom is -0.377 e. The number of nitro groups is 2. The molecule has 0 atom stereocenters. The van der Waals surface area contributed by atoms with Gasteiger partial charge in [-0.2, -0.15) is 11.8 Å². The first kappa shape index (κ1) is 15.6. The second-order valence-electron chi connectivity index (χ2n) is 5.07. The summed E-state index contributed by atoms with van der Waals surface area (Å²) in [5, 5.41) is 25.6. The van der Waals surface area contributed by atoms with E-state index in [1.165, 1.54) is 12.1 Å². The van der Waals surface area contributed by atoms with Gasteiger partial charge in [0.1, 0.15) is 5.69 Å². The normalized spacial score (nSPS) is 21.8. The van der Waals surface area contributed by atoms with Crippen LogP contribution in [0.2, 0.25) is 0 Å². The standard InChI is InChI=1S/C13H17N3O4S/c1-21-11-5-2-9(3-6-11)14-12-7-4-10(15(17)18)8-13(12)16(19)20/h4,7-9,11,14H,2-3,5-6H2,1H3. The van der Waals surface area contributed by atoms with Crippen molar-refractivity contribution in [1.82, 2.24) is 0 Å². The van der Waals surface area contributed by atoms with Crippen LogP contribution in [0.1, 0.15) is 25.7 Å². The van der Waals surface area contributed by atoms with Crippen LogP contribution in [0.15, 0.2) is 18.2 Å². The monoisotopic (exact) mass is 311 g/mol. The molecule has 7 nitrogen and oxygen atoms in total. The van der Waals surface area contributed by atoms with Crippen LogP contribution in [0.4, 0.5) is 17.1 Å². The van der Waals surface area contributed by atoms with Gasteiger partial charge in [0, 0.05) is 17.4 Å². The van der Waals surface area contributed by atoms with Gasteiger partial charge in [-0.25, -0.2) is 0 Å². The van der Waals surface area contributed by atoms with E-state index in [0.717, 1.165) is 31.7 Å². The minimum absolute atomic E-state index is 0.188. The maximum atomic E-state index is 11.1. The van der Waals surface area contributed by atoms with E-state index in [4.69, 9.17) is 0 Å². The van der Waals surface area contributed by atoms with Crippen LogP contribution in [0, 0.1) is 20.2 Å². The van der Waals surface area contributed by atoms with E-state index in [-0.39, 0.29) is 17.4 Å². The number of hydrogen-bond acceptors (Lipinski definition) is 6. The molecule has 1 aromatic carbocycles. The molecule has 0 aromatic heterocycles. The fourth-order valence-electron chi connectivity index (χ4n) is 2.57. The number of hydrogen-bond donors (Lipinski definition) is 1. The first-order valence-corrected chi connectivity index (χ1v) is 8.02. The summed E-state index contributed by atoms with van der Waals surface area (Å²) in [4.78, 5) is 20.6. The number of nitro benzene ring substituents is 2. The predicted molar refractivity (Wildman–Crippen MR) is 82.9 cm³/mol. The van der Waals surface area contributed by atoms with Crippen LogP contribution in [0.3, 0.4) is 0 Å². The van der Waals surface area contributed by atoms with Crippen LogP contribution in [0.25, 0.3) is 0 Å². The van der Waals surface area contributed by atoms with E-state index in [0.29, 0.717) is 10.9 Å². The zero-order valence-corrected chi connectivity index (χ0v) is 12.5. The molecular formula is C13H17N3O4S. The second-order valence-corrected chi connectivity index (χ2v) is 6.21. The lowest BCUT2D eigenvalue weighted by Gasteiger charge is -2.28. The second kappa shape index (κ2) is 6.75. The highest BCUT2D eigenvalue weighted by Crippen LogP contribution is 2.33. The Labute approximate surface area is 126 Å². The largest absolute Gasteiger partial charge is 0.377 e. The molecule has 114 valence electrons. The van der Waals surface area contributed by atoms with E-state index < -0.39 is 9.85 Å². The van der Waals surface area contributed by atoms with Gasteiger partial charge in [0.05, 0.1) is 15.9 Å². The van der Waals surface area contributed by atoms with E-state index >= 15 is 0 Å². The van der Waals surface area contributed by atoms with Gasteiger partial charge in [-0.05, 0) is 38.0 Å². The lowest BCUT2D eigenvalue weighted by molar-refractivity contribution is -0.393. The van der Waals surface area contributed by atoms with Gasteiger partial charge in [0.15, 0.2) is 0 Å². The molecule has 1 fully saturated rings. The Morgan fingerprint density at radius 1 is 1.14 bits per heavy atom. The summed E-state index contributed by atoms with van der Waals surface area (Å²) in [5.41, 5.74) is -0.146. The van der Waals surface area contributed by atoms with Gasteiger partial charge in [-0.3, -0.25) is 20.2 Å². The van der Waals surface area contributed by atoms with Gasteiger partial charge >= 0.3 is 0 Å². The molecule has 8 heteroatoms. The van der Waals surface area contributed by atoms with Crippen molar-refractivity contribution in [2.45, 2.75) is 37.0 Å². The summed E-state index contributed by atoms with van der Waals surface area (Å²) in [6, 6.07) is 3.92. The molecule has 1 saturated carbocycles. The molecular weight excluding hydrogens is 294 g/mol. The summed E-state index contributed by atoms with van der Waals surface area (Å²) in [7, 11) is 0. The van der Waals surface area contributed by atoms with Crippen LogP contribution < -0.4 is 5.32 Å². The van der Waals surface area contributed by atoms with Gasteiger partial charge < -0.3 is 5.32 Å². The van der Waals surface area contributed by atoms with E-state index in [1.807, 2.05) is 11.8 Å². The third kappa shape index (κ3) is 3.84. The summed E-state index contributed by atoms with van der Waals surface area (Å²) in [6.07, 6.45) is 6.18. The molecule has 0 amide bonds. The van der Waals surface area contributed by atoms with Gasteiger partial charge in [0.25, 0.3) is 11.4 Å². The Morgan fingerprint density at radius 3 is 2.33 bits per heavy atom. The fraction of sp³-hybridized carbons (Fsp3) is 0.538. The van der Waals surface area contributed by atoms with E-state index in [9.17, 15) is 20.2 Å². The average Bonchev–Trinajstić information content (AvgIpc) is 2.48. The number of benzene rings is 1. The molecule has 0 spiro atoms. The molecule has 2 rings (SSSR count). The van der Waals surface area contributed by atoms with Crippen molar-refractivity contribution in [3.8, 4) is 0 Å². The van der Waals surface area contributed by atoms with Crippen LogP contribution in [0.5, 0.6) is 0 Å². The van der Waals surface area contributed by atoms with Gasteiger partial charge in [0.2, 0.25) is 0 Å². The van der Waals surface area contributed by atoms with Crippen LogP contribution in [-0.2, 0) is 0 Å². The Kier molecular flexibility index (Phi) is 5.00. The molecule has 1 aliphatic carbocycles. The zero-order valence-electron chi connectivity index (χ0n) is 11.7. The van der Waals surface area contributed by atoms with Crippen molar-refractivity contribution >= 4 is 28.8 Å². The first-order valence-electron chi connectivity index (χ1n) is 6.73. The average molecular weight is 311 g/mol. The Balaban J connectivity index is 2.13. The van der Waals surface area contributed by atoms with Crippen molar-refractivity contribution in [3.63, 3.8) is 0 Å². The third-order valence-corrected chi connectivity index (χ3v) is 4.89. The highest BCUT2D eigenvalue weighted by molar-refractivity contribution is 7.99.